The predicted octanol–water partition coefficient (Wildman–Crippen LogP) is 1.82. The maximum absolute atomic E-state index is 12.4. The summed E-state index contributed by atoms with van der Waals surface area (Å²) in [7, 11) is 1.68. The van der Waals surface area contributed by atoms with E-state index in [4.69, 9.17) is 4.74 Å². The zero-order valence-corrected chi connectivity index (χ0v) is 18.3. The van der Waals surface area contributed by atoms with Crippen LogP contribution in [0.25, 0.3) is 11.0 Å². The molecule has 0 unspecified atom stereocenters. The normalized spacial score (nSPS) is 10.9. The van der Waals surface area contributed by atoms with Crippen LogP contribution < -0.4 is 10.9 Å². The van der Waals surface area contributed by atoms with Gasteiger partial charge in [-0.3, -0.25) is 23.6 Å². The van der Waals surface area contributed by atoms with Crippen molar-refractivity contribution in [2.75, 3.05) is 5.32 Å². The Labute approximate surface area is 186 Å². The van der Waals surface area contributed by atoms with Gasteiger partial charge in [-0.2, -0.15) is 5.10 Å². The van der Waals surface area contributed by atoms with E-state index in [-0.39, 0.29) is 31.0 Å². The Morgan fingerprint density at radius 1 is 1.25 bits per heavy atom. The fourth-order valence-corrected chi connectivity index (χ4v) is 3.84. The van der Waals surface area contributed by atoms with Gasteiger partial charge in [0, 0.05) is 18.1 Å². The summed E-state index contributed by atoms with van der Waals surface area (Å²) in [5.74, 6) is -0.765. The Balaban J connectivity index is 1.31. The smallest absolute Gasteiger partial charge is 0.326 e. The lowest BCUT2D eigenvalue weighted by atomic mass is 10.2. The summed E-state index contributed by atoms with van der Waals surface area (Å²) in [6.07, 6.45) is 2.83. The van der Waals surface area contributed by atoms with Gasteiger partial charge in [0.25, 0.3) is 5.56 Å². The van der Waals surface area contributed by atoms with Gasteiger partial charge in [0.05, 0.1) is 18.3 Å². The van der Waals surface area contributed by atoms with E-state index < -0.39 is 5.97 Å². The van der Waals surface area contributed by atoms with Crippen molar-refractivity contribution >= 4 is 39.9 Å². The average Bonchev–Trinajstić information content (AvgIpc) is 3.37. The van der Waals surface area contributed by atoms with Crippen molar-refractivity contribution in [3.05, 3.63) is 68.8 Å². The first kappa shape index (κ1) is 21.4. The van der Waals surface area contributed by atoms with Gasteiger partial charge in [0.2, 0.25) is 5.91 Å². The summed E-state index contributed by atoms with van der Waals surface area (Å²) in [5.41, 5.74) is 2.36. The second kappa shape index (κ2) is 9.10. The van der Waals surface area contributed by atoms with Crippen LogP contribution in [0.3, 0.4) is 0 Å². The van der Waals surface area contributed by atoms with Gasteiger partial charge in [-0.1, -0.05) is 18.2 Å². The van der Waals surface area contributed by atoms with Crippen molar-refractivity contribution in [2.24, 2.45) is 7.05 Å². The van der Waals surface area contributed by atoms with Gasteiger partial charge in [0.1, 0.15) is 29.9 Å². The van der Waals surface area contributed by atoms with Crippen molar-refractivity contribution in [3.8, 4) is 0 Å². The van der Waals surface area contributed by atoms with Crippen LogP contribution in [0.1, 0.15) is 16.3 Å². The zero-order valence-electron chi connectivity index (χ0n) is 17.4. The number of rotatable bonds is 7. The summed E-state index contributed by atoms with van der Waals surface area (Å²) >= 11 is 1.32. The number of aromatic nitrogens is 5. The third-order valence-electron chi connectivity index (χ3n) is 4.73. The lowest BCUT2D eigenvalue weighted by molar-refractivity contribution is -0.145. The third kappa shape index (κ3) is 4.72. The lowest BCUT2D eigenvalue weighted by Crippen LogP contribution is -2.25. The van der Waals surface area contributed by atoms with E-state index in [2.05, 4.69) is 20.4 Å². The molecule has 0 saturated heterocycles. The number of hydrogen-bond acceptors (Lipinski definition) is 8. The fraction of sp³-hybridized carbons (Fsp3) is 0.238. The molecule has 0 aliphatic carbocycles. The minimum absolute atomic E-state index is 0.0495. The van der Waals surface area contributed by atoms with Gasteiger partial charge in [-0.25, -0.2) is 9.97 Å². The van der Waals surface area contributed by atoms with Crippen LogP contribution in [0.4, 0.5) is 5.69 Å². The number of benzene rings is 1. The van der Waals surface area contributed by atoms with Crippen LogP contribution >= 0.6 is 11.3 Å². The number of carbonyl (C=O) groups is 2. The molecule has 32 heavy (non-hydrogen) atoms. The highest BCUT2D eigenvalue weighted by Crippen LogP contribution is 2.16. The zero-order chi connectivity index (χ0) is 22.7. The monoisotopic (exact) mass is 452 g/mol. The largest absolute Gasteiger partial charge is 0.458 e. The molecule has 164 valence electrons. The molecule has 4 aromatic rings. The Hall–Kier alpha value is -3.86. The summed E-state index contributed by atoms with van der Waals surface area (Å²) in [5, 5.41) is 9.54. The molecule has 0 fully saturated rings. The number of aryl methyl sites for hydroxylation is 2. The summed E-state index contributed by atoms with van der Waals surface area (Å²) < 4.78 is 7.89. The molecule has 3 heterocycles. The van der Waals surface area contributed by atoms with Gasteiger partial charge in [-0.05, 0) is 18.6 Å². The van der Waals surface area contributed by atoms with Crippen molar-refractivity contribution in [1.29, 1.82) is 0 Å². The predicted molar refractivity (Wildman–Crippen MR) is 118 cm³/mol. The van der Waals surface area contributed by atoms with Gasteiger partial charge in [0.15, 0.2) is 5.65 Å². The summed E-state index contributed by atoms with van der Waals surface area (Å²) in [6, 6.07) is 7.53. The average molecular weight is 452 g/mol. The fourth-order valence-electron chi connectivity index (χ4n) is 3.06. The molecule has 1 N–H and O–H groups in total. The van der Waals surface area contributed by atoms with E-state index in [1.165, 1.54) is 33.1 Å². The number of hydrogen-bond donors (Lipinski definition) is 1. The molecule has 0 atom stereocenters. The highest BCUT2D eigenvalue weighted by Gasteiger charge is 2.13. The van der Waals surface area contributed by atoms with Crippen LogP contribution in [0.5, 0.6) is 0 Å². The van der Waals surface area contributed by atoms with Crippen molar-refractivity contribution in [3.63, 3.8) is 0 Å². The van der Waals surface area contributed by atoms with Gasteiger partial charge >= 0.3 is 5.97 Å². The van der Waals surface area contributed by atoms with Crippen LogP contribution in [-0.2, 0) is 40.9 Å². The molecule has 4 rings (SSSR count). The molecular weight excluding hydrogens is 432 g/mol. The number of nitrogens with zero attached hydrogens (tertiary/aromatic N) is 5. The standard InChI is InChI=1S/C21H20N6O4S/c1-13-5-3-4-6-16(13)25-17(28)7-18-24-14(11-32-18)10-31-19(29)9-27-12-22-20-15(21(27)30)8-23-26(20)2/h3-6,8,11-12H,7,9-10H2,1-2H3,(H,25,28). The molecule has 11 heteroatoms. The van der Waals surface area contributed by atoms with E-state index in [1.807, 2.05) is 31.2 Å². The van der Waals surface area contributed by atoms with E-state index in [0.29, 0.717) is 21.7 Å². The quantitative estimate of drug-likeness (QED) is 0.425. The maximum Gasteiger partial charge on any atom is 0.326 e. The number of anilines is 1. The van der Waals surface area contributed by atoms with E-state index in [0.717, 1.165) is 11.3 Å². The number of carbonyl (C=O) groups excluding carboxylic acids is 2. The van der Waals surface area contributed by atoms with E-state index in [9.17, 15) is 14.4 Å². The molecule has 1 aromatic carbocycles. The number of esters is 1. The Kier molecular flexibility index (Phi) is 6.08. The SMILES string of the molecule is Cc1ccccc1NC(=O)Cc1nc(COC(=O)Cn2cnc3c(cnn3C)c2=O)cs1. The number of fused-ring (bicyclic) bond motifs is 1. The van der Waals surface area contributed by atoms with Crippen LogP contribution in [0.15, 0.2) is 47.0 Å². The lowest BCUT2D eigenvalue weighted by Gasteiger charge is -2.07. The molecule has 0 aliphatic heterocycles. The van der Waals surface area contributed by atoms with Crippen LogP contribution in [-0.4, -0.2) is 36.2 Å². The van der Waals surface area contributed by atoms with Gasteiger partial charge in [-0.15, -0.1) is 11.3 Å². The number of ether oxygens (including phenoxy) is 1. The molecule has 1 amide bonds. The van der Waals surface area contributed by atoms with Crippen molar-refractivity contribution in [2.45, 2.75) is 26.5 Å². The molecule has 0 saturated carbocycles. The van der Waals surface area contributed by atoms with Crippen molar-refractivity contribution < 1.29 is 14.3 Å². The Morgan fingerprint density at radius 3 is 2.88 bits per heavy atom. The second-order valence-electron chi connectivity index (χ2n) is 7.12. The second-order valence-corrected chi connectivity index (χ2v) is 8.06. The van der Waals surface area contributed by atoms with Crippen molar-refractivity contribution in [1.82, 2.24) is 24.3 Å². The van der Waals surface area contributed by atoms with E-state index >= 15 is 0 Å². The minimum Gasteiger partial charge on any atom is -0.458 e. The van der Waals surface area contributed by atoms with Gasteiger partial charge < -0.3 is 10.1 Å². The Morgan fingerprint density at radius 2 is 2.06 bits per heavy atom. The number of amides is 1. The number of thiazole rings is 1. The highest BCUT2D eigenvalue weighted by molar-refractivity contribution is 7.09. The molecule has 0 bridgehead atoms. The first-order valence-electron chi connectivity index (χ1n) is 9.72. The minimum atomic E-state index is -0.594. The summed E-state index contributed by atoms with van der Waals surface area (Å²) in [6.45, 7) is 1.60. The molecular formula is C21H20N6O4S. The number of nitrogens with one attached hydrogen (secondary N) is 1. The molecule has 10 nitrogen and oxygen atoms in total. The first-order chi connectivity index (χ1) is 15.4. The molecule has 0 aliphatic rings. The van der Waals surface area contributed by atoms with E-state index in [1.54, 1.807) is 12.4 Å². The highest BCUT2D eigenvalue weighted by atomic mass is 32.1. The number of para-hydroxylation sites is 1. The third-order valence-corrected chi connectivity index (χ3v) is 5.63. The molecule has 3 aromatic heterocycles. The van der Waals surface area contributed by atoms with Crippen LogP contribution in [0.2, 0.25) is 0 Å². The molecule has 0 radical (unpaired) electrons. The van der Waals surface area contributed by atoms with Crippen LogP contribution in [0, 0.1) is 6.92 Å². The maximum atomic E-state index is 12.4. The first-order valence-corrected chi connectivity index (χ1v) is 10.6. The molecule has 0 spiro atoms. The topological polar surface area (TPSA) is 121 Å². The Bertz CT molecular complexity index is 1360. The summed E-state index contributed by atoms with van der Waals surface area (Å²) in [4.78, 5) is 45.4.